The number of rotatable bonds is 7. The number of aliphatic hydroxyl groups is 2. The molecule has 130 valence electrons. The van der Waals surface area contributed by atoms with Crippen LogP contribution in [0.4, 0.5) is 4.39 Å². The van der Waals surface area contributed by atoms with Crippen LogP contribution in [0.5, 0.6) is 0 Å². The van der Waals surface area contributed by atoms with Crippen molar-refractivity contribution in [3.63, 3.8) is 0 Å². The van der Waals surface area contributed by atoms with Gasteiger partial charge in [0.05, 0.1) is 31.1 Å². The van der Waals surface area contributed by atoms with Crippen LogP contribution in [-0.4, -0.2) is 19.8 Å². The van der Waals surface area contributed by atoms with Crippen molar-refractivity contribution in [3.8, 4) is 0 Å². The van der Waals surface area contributed by atoms with E-state index in [0.717, 1.165) is 11.1 Å². The van der Waals surface area contributed by atoms with E-state index in [0.29, 0.717) is 23.1 Å². The Bertz CT molecular complexity index is 806. The molecule has 0 spiro atoms. The molecule has 2 aromatic carbocycles. The summed E-state index contributed by atoms with van der Waals surface area (Å²) in [7, 11) is 0. The molecule has 0 radical (unpaired) electrons. The van der Waals surface area contributed by atoms with Crippen molar-refractivity contribution in [3.05, 3.63) is 83.4 Å². The Morgan fingerprint density at radius 2 is 1.80 bits per heavy atom. The first kappa shape index (κ1) is 17.7. The fourth-order valence-corrected chi connectivity index (χ4v) is 3.47. The highest BCUT2D eigenvalue weighted by Gasteiger charge is 2.15. The molecule has 4 nitrogen and oxygen atoms in total. The zero-order valence-corrected chi connectivity index (χ0v) is 14.4. The Kier molecular flexibility index (Phi) is 5.86. The van der Waals surface area contributed by atoms with Crippen LogP contribution >= 0.6 is 11.8 Å². The van der Waals surface area contributed by atoms with E-state index >= 15 is 0 Å². The molecule has 1 atom stereocenters. The summed E-state index contributed by atoms with van der Waals surface area (Å²) in [4.78, 5) is 4.35. The van der Waals surface area contributed by atoms with Gasteiger partial charge in [0.1, 0.15) is 5.82 Å². The van der Waals surface area contributed by atoms with Gasteiger partial charge in [-0.15, -0.1) is 0 Å². The standard InChI is InChI=1S/C19H19FN2O2S/c20-16-8-6-14(7-9-16)13-25-19-21-10-17(12-23)22(19)11-18(24)15-4-2-1-3-5-15/h1-10,18,23-24H,11-13H2/t18-/m0/s1. The second kappa shape index (κ2) is 8.29. The predicted octanol–water partition coefficient (Wildman–Crippen LogP) is 3.54. The molecule has 0 bridgehead atoms. The van der Waals surface area contributed by atoms with Crippen molar-refractivity contribution >= 4 is 11.8 Å². The van der Waals surface area contributed by atoms with Crippen LogP contribution in [0.2, 0.25) is 0 Å². The van der Waals surface area contributed by atoms with Crippen molar-refractivity contribution in [1.82, 2.24) is 9.55 Å². The maximum Gasteiger partial charge on any atom is 0.168 e. The van der Waals surface area contributed by atoms with Crippen LogP contribution in [0.25, 0.3) is 0 Å². The van der Waals surface area contributed by atoms with Crippen molar-refractivity contribution in [2.24, 2.45) is 0 Å². The van der Waals surface area contributed by atoms with Crippen molar-refractivity contribution < 1.29 is 14.6 Å². The molecule has 0 saturated heterocycles. The summed E-state index contributed by atoms with van der Waals surface area (Å²) in [5.74, 6) is 0.368. The van der Waals surface area contributed by atoms with Gasteiger partial charge in [-0.2, -0.15) is 0 Å². The molecule has 1 aromatic heterocycles. The monoisotopic (exact) mass is 358 g/mol. The minimum Gasteiger partial charge on any atom is -0.390 e. The Morgan fingerprint density at radius 3 is 2.48 bits per heavy atom. The molecule has 25 heavy (non-hydrogen) atoms. The van der Waals surface area contributed by atoms with E-state index in [-0.39, 0.29) is 12.4 Å². The summed E-state index contributed by atoms with van der Waals surface area (Å²) in [6.45, 7) is 0.164. The normalized spacial score (nSPS) is 12.3. The minimum absolute atomic E-state index is 0.147. The zero-order valence-electron chi connectivity index (χ0n) is 13.5. The molecule has 3 aromatic rings. The summed E-state index contributed by atoms with van der Waals surface area (Å²) in [5.41, 5.74) is 2.45. The first-order valence-electron chi connectivity index (χ1n) is 7.93. The van der Waals surface area contributed by atoms with Gasteiger partial charge >= 0.3 is 0 Å². The second-order valence-electron chi connectivity index (χ2n) is 5.64. The van der Waals surface area contributed by atoms with Gasteiger partial charge in [-0.05, 0) is 23.3 Å². The summed E-state index contributed by atoms with van der Waals surface area (Å²) < 4.78 is 14.8. The van der Waals surface area contributed by atoms with Gasteiger partial charge in [-0.25, -0.2) is 9.37 Å². The molecule has 0 aliphatic rings. The van der Waals surface area contributed by atoms with E-state index in [1.54, 1.807) is 18.3 Å². The van der Waals surface area contributed by atoms with Crippen molar-refractivity contribution in [1.29, 1.82) is 0 Å². The summed E-state index contributed by atoms with van der Waals surface area (Å²) in [6.07, 6.45) is 0.927. The van der Waals surface area contributed by atoms with E-state index in [2.05, 4.69) is 4.98 Å². The number of halogens is 1. The third-order valence-corrected chi connectivity index (χ3v) is 4.95. The number of thioether (sulfide) groups is 1. The zero-order chi connectivity index (χ0) is 17.6. The van der Waals surface area contributed by atoms with Crippen molar-refractivity contribution in [2.75, 3.05) is 0 Å². The van der Waals surface area contributed by atoms with Gasteiger partial charge in [0.2, 0.25) is 0 Å². The maximum atomic E-state index is 13.0. The SMILES string of the molecule is OCc1cnc(SCc2ccc(F)cc2)n1C[C@H](O)c1ccccc1. The molecule has 0 aliphatic carbocycles. The number of imidazole rings is 1. The molecule has 3 rings (SSSR count). The van der Waals surface area contributed by atoms with Gasteiger partial charge in [0.25, 0.3) is 0 Å². The number of hydrogen-bond donors (Lipinski definition) is 2. The molecule has 0 aliphatic heterocycles. The first-order valence-corrected chi connectivity index (χ1v) is 8.91. The third-order valence-electron chi connectivity index (χ3n) is 3.88. The molecule has 0 fully saturated rings. The summed E-state index contributed by atoms with van der Waals surface area (Å²) >= 11 is 1.49. The van der Waals surface area contributed by atoms with Crippen LogP contribution in [0.15, 0.2) is 66.0 Å². The van der Waals surface area contributed by atoms with Gasteiger partial charge < -0.3 is 14.8 Å². The van der Waals surface area contributed by atoms with E-state index in [1.807, 2.05) is 34.9 Å². The van der Waals surface area contributed by atoms with Crippen LogP contribution in [0.3, 0.4) is 0 Å². The Morgan fingerprint density at radius 1 is 1.08 bits per heavy atom. The maximum absolute atomic E-state index is 13.0. The molecule has 1 heterocycles. The number of benzene rings is 2. The molecule has 2 N–H and O–H groups in total. The third kappa shape index (κ3) is 4.48. The minimum atomic E-state index is -0.689. The second-order valence-corrected chi connectivity index (χ2v) is 6.58. The number of nitrogens with zero attached hydrogens (tertiary/aromatic N) is 2. The van der Waals surface area contributed by atoms with Crippen LogP contribution < -0.4 is 0 Å². The average Bonchev–Trinajstić information content (AvgIpc) is 3.03. The first-order chi connectivity index (χ1) is 12.2. The molecular weight excluding hydrogens is 339 g/mol. The number of aliphatic hydroxyl groups excluding tert-OH is 2. The van der Waals surface area contributed by atoms with E-state index in [4.69, 9.17) is 0 Å². The van der Waals surface area contributed by atoms with Crippen LogP contribution in [0, 0.1) is 5.82 Å². The predicted molar refractivity (Wildman–Crippen MR) is 95.5 cm³/mol. The van der Waals surface area contributed by atoms with E-state index in [1.165, 1.54) is 23.9 Å². The lowest BCUT2D eigenvalue weighted by molar-refractivity contribution is 0.148. The Labute approximate surface area is 150 Å². The van der Waals surface area contributed by atoms with E-state index in [9.17, 15) is 14.6 Å². The fourth-order valence-electron chi connectivity index (χ4n) is 2.51. The Balaban J connectivity index is 1.74. The molecule has 0 unspecified atom stereocenters. The van der Waals surface area contributed by atoms with Gasteiger partial charge in [0.15, 0.2) is 5.16 Å². The molecule has 0 amide bonds. The summed E-state index contributed by atoms with van der Waals surface area (Å²) in [6, 6.07) is 15.7. The van der Waals surface area contributed by atoms with Gasteiger partial charge in [-0.3, -0.25) is 0 Å². The quantitative estimate of drug-likeness (QED) is 0.634. The number of hydrogen-bond acceptors (Lipinski definition) is 4. The molecule has 6 heteroatoms. The summed E-state index contributed by atoms with van der Waals surface area (Å²) in [5, 5.41) is 20.7. The highest BCUT2D eigenvalue weighted by molar-refractivity contribution is 7.98. The fraction of sp³-hybridized carbons (Fsp3) is 0.211. The van der Waals surface area contributed by atoms with Gasteiger partial charge in [0, 0.05) is 5.75 Å². The molecular formula is C19H19FN2O2S. The van der Waals surface area contributed by atoms with Crippen LogP contribution in [0.1, 0.15) is 22.9 Å². The van der Waals surface area contributed by atoms with E-state index < -0.39 is 6.10 Å². The van der Waals surface area contributed by atoms with Crippen LogP contribution in [-0.2, 0) is 18.9 Å². The molecule has 0 saturated carbocycles. The largest absolute Gasteiger partial charge is 0.390 e. The van der Waals surface area contributed by atoms with Crippen molar-refractivity contribution in [2.45, 2.75) is 30.2 Å². The number of aromatic nitrogens is 2. The lowest BCUT2D eigenvalue weighted by Crippen LogP contribution is -2.12. The average molecular weight is 358 g/mol. The Hall–Kier alpha value is -2.15. The topological polar surface area (TPSA) is 58.3 Å². The van der Waals surface area contributed by atoms with Gasteiger partial charge in [-0.1, -0.05) is 54.2 Å². The highest BCUT2D eigenvalue weighted by atomic mass is 32.2. The highest BCUT2D eigenvalue weighted by Crippen LogP contribution is 2.26. The lowest BCUT2D eigenvalue weighted by atomic mass is 10.1. The smallest absolute Gasteiger partial charge is 0.168 e. The lowest BCUT2D eigenvalue weighted by Gasteiger charge is -2.16.